The van der Waals surface area contributed by atoms with E-state index in [-0.39, 0.29) is 5.60 Å². The fourth-order valence-electron chi connectivity index (χ4n) is 4.34. The van der Waals surface area contributed by atoms with Crippen LogP contribution in [0.4, 0.5) is 0 Å². The van der Waals surface area contributed by atoms with Crippen molar-refractivity contribution < 1.29 is 9.47 Å². The molecule has 124 valence electrons. The van der Waals surface area contributed by atoms with Crippen molar-refractivity contribution in [2.45, 2.75) is 110 Å². The summed E-state index contributed by atoms with van der Waals surface area (Å²) in [5.41, 5.74) is -0.0593. The van der Waals surface area contributed by atoms with Gasteiger partial charge in [0.25, 0.3) is 0 Å². The molecular formula is C19H36O2. The van der Waals surface area contributed by atoms with Gasteiger partial charge in [-0.05, 0) is 59.3 Å². The standard InChI is InChI=1S/C19H36O2/c1-14(2)20-18-13-9-7-11-16(18)19(4,5)21-17-12-8-6-10-15(17)3/h14-18H,6-13H2,1-5H3. The predicted molar refractivity (Wildman–Crippen MR) is 88.6 cm³/mol. The first-order valence-electron chi connectivity index (χ1n) is 9.23. The van der Waals surface area contributed by atoms with E-state index in [4.69, 9.17) is 9.47 Å². The van der Waals surface area contributed by atoms with Crippen LogP contribution in [0.15, 0.2) is 0 Å². The lowest BCUT2D eigenvalue weighted by Crippen LogP contribution is -2.48. The summed E-state index contributed by atoms with van der Waals surface area (Å²) in [5, 5.41) is 0. The van der Waals surface area contributed by atoms with Gasteiger partial charge in [-0.3, -0.25) is 0 Å². The minimum Gasteiger partial charge on any atom is -0.375 e. The van der Waals surface area contributed by atoms with Crippen molar-refractivity contribution in [3.8, 4) is 0 Å². The highest BCUT2D eigenvalue weighted by Gasteiger charge is 2.41. The molecule has 2 heteroatoms. The van der Waals surface area contributed by atoms with Crippen LogP contribution in [0.25, 0.3) is 0 Å². The summed E-state index contributed by atoms with van der Waals surface area (Å²) in [6.07, 6.45) is 11.5. The van der Waals surface area contributed by atoms with Gasteiger partial charge < -0.3 is 9.47 Å². The van der Waals surface area contributed by atoms with Crippen molar-refractivity contribution in [1.29, 1.82) is 0 Å². The zero-order valence-electron chi connectivity index (χ0n) is 14.9. The second-order valence-corrected chi connectivity index (χ2v) is 8.14. The highest BCUT2D eigenvalue weighted by Crippen LogP contribution is 2.40. The number of ether oxygens (including phenoxy) is 2. The van der Waals surface area contributed by atoms with Crippen molar-refractivity contribution in [1.82, 2.24) is 0 Å². The van der Waals surface area contributed by atoms with Crippen molar-refractivity contribution in [2.75, 3.05) is 0 Å². The average Bonchev–Trinajstić information content (AvgIpc) is 2.41. The van der Waals surface area contributed by atoms with E-state index in [1.165, 1.54) is 51.4 Å². The van der Waals surface area contributed by atoms with Gasteiger partial charge in [0, 0.05) is 5.92 Å². The van der Waals surface area contributed by atoms with E-state index in [1.807, 2.05) is 0 Å². The zero-order valence-corrected chi connectivity index (χ0v) is 14.9. The molecule has 0 spiro atoms. The molecule has 4 unspecified atom stereocenters. The highest BCUT2D eigenvalue weighted by atomic mass is 16.5. The predicted octanol–water partition coefficient (Wildman–Crippen LogP) is 5.34. The van der Waals surface area contributed by atoms with Crippen LogP contribution < -0.4 is 0 Å². The van der Waals surface area contributed by atoms with Gasteiger partial charge in [0.05, 0.1) is 23.9 Å². The summed E-state index contributed by atoms with van der Waals surface area (Å²) >= 11 is 0. The molecule has 2 aliphatic carbocycles. The van der Waals surface area contributed by atoms with Crippen LogP contribution in [0.1, 0.15) is 86.0 Å². The number of hydrogen-bond acceptors (Lipinski definition) is 2. The molecule has 0 N–H and O–H groups in total. The van der Waals surface area contributed by atoms with Crippen molar-refractivity contribution in [2.24, 2.45) is 11.8 Å². The fraction of sp³-hybridized carbons (Fsp3) is 1.00. The van der Waals surface area contributed by atoms with E-state index in [1.54, 1.807) is 0 Å². The summed E-state index contributed by atoms with van der Waals surface area (Å²) in [6, 6.07) is 0. The SMILES string of the molecule is CC(C)OC1CCCCC1C(C)(C)OC1CCCCC1C. The first-order valence-corrected chi connectivity index (χ1v) is 9.23. The van der Waals surface area contributed by atoms with Crippen molar-refractivity contribution >= 4 is 0 Å². The lowest BCUT2D eigenvalue weighted by atomic mass is 9.76. The maximum absolute atomic E-state index is 6.66. The third-order valence-corrected chi connectivity index (χ3v) is 5.53. The van der Waals surface area contributed by atoms with Gasteiger partial charge >= 0.3 is 0 Å². The summed E-state index contributed by atoms with van der Waals surface area (Å²) < 4.78 is 12.9. The maximum atomic E-state index is 6.66. The summed E-state index contributed by atoms with van der Waals surface area (Å²) in [5.74, 6) is 1.26. The Kier molecular flexibility index (Phi) is 6.14. The normalized spacial score (nSPS) is 35.1. The lowest BCUT2D eigenvalue weighted by Gasteiger charge is -2.45. The first kappa shape index (κ1) is 17.3. The zero-order chi connectivity index (χ0) is 15.5. The van der Waals surface area contributed by atoms with Crippen LogP contribution in [0.5, 0.6) is 0 Å². The molecule has 0 aromatic rings. The first-order chi connectivity index (χ1) is 9.90. The Morgan fingerprint density at radius 1 is 0.857 bits per heavy atom. The average molecular weight is 296 g/mol. The third kappa shape index (κ3) is 4.69. The quantitative estimate of drug-likeness (QED) is 0.681. The molecule has 0 bridgehead atoms. The van der Waals surface area contributed by atoms with E-state index in [0.717, 1.165) is 0 Å². The van der Waals surface area contributed by atoms with Gasteiger partial charge in [-0.2, -0.15) is 0 Å². The Morgan fingerprint density at radius 2 is 1.43 bits per heavy atom. The van der Waals surface area contributed by atoms with E-state index in [2.05, 4.69) is 34.6 Å². The van der Waals surface area contributed by atoms with Crippen LogP contribution in [0.3, 0.4) is 0 Å². The van der Waals surface area contributed by atoms with E-state index in [9.17, 15) is 0 Å². The van der Waals surface area contributed by atoms with E-state index in [0.29, 0.717) is 30.1 Å². The minimum atomic E-state index is -0.0593. The molecule has 0 saturated heterocycles. The Labute approximate surface area is 132 Å². The van der Waals surface area contributed by atoms with Gasteiger partial charge in [-0.15, -0.1) is 0 Å². The smallest absolute Gasteiger partial charge is 0.0683 e. The fourth-order valence-corrected chi connectivity index (χ4v) is 4.34. The van der Waals surface area contributed by atoms with Gasteiger partial charge in [0.2, 0.25) is 0 Å². The van der Waals surface area contributed by atoms with E-state index < -0.39 is 0 Å². The molecule has 4 atom stereocenters. The molecule has 2 rings (SSSR count). The molecule has 0 aromatic heterocycles. The topological polar surface area (TPSA) is 18.5 Å². The molecular weight excluding hydrogens is 260 g/mol. The van der Waals surface area contributed by atoms with Gasteiger partial charge in [0.15, 0.2) is 0 Å². The second-order valence-electron chi connectivity index (χ2n) is 8.14. The minimum absolute atomic E-state index is 0.0593. The molecule has 0 amide bonds. The second kappa shape index (κ2) is 7.46. The largest absolute Gasteiger partial charge is 0.375 e. The van der Waals surface area contributed by atoms with Gasteiger partial charge in [-0.1, -0.05) is 32.6 Å². The molecule has 2 saturated carbocycles. The molecule has 2 aliphatic rings. The molecule has 0 aromatic carbocycles. The maximum Gasteiger partial charge on any atom is 0.0683 e. The van der Waals surface area contributed by atoms with Crippen LogP contribution in [0.2, 0.25) is 0 Å². The van der Waals surface area contributed by atoms with Crippen LogP contribution in [-0.2, 0) is 9.47 Å². The molecule has 21 heavy (non-hydrogen) atoms. The monoisotopic (exact) mass is 296 g/mol. The Bertz CT molecular complexity index is 311. The summed E-state index contributed by atoms with van der Waals surface area (Å²) in [4.78, 5) is 0. The molecule has 0 aliphatic heterocycles. The van der Waals surface area contributed by atoms with Crippen LogP contribution in [-0.4, -0.2) is 23.9 Å². The Hall–Kier alpha value is -0.0800. The number of hydrogen-bond donors (Lipinski definition) is 0. The lowest BCUT2D eigenvalue weighted by molar-refractivity contribution is -0.175. The molecule has 0 heterocycles. The van der Waals surface area contributed by atoms with Gasteiger partial charge in [0.1, 0.15) is 0 Å². The summed E-state index contributed by atoms with van der Waals surface area (Å²) in [6.45, 7) is 11.3. The molecule has 0 radical (unpaired) electrons. The van der Waals surface area contributed by atoms with Crippen molar-refractivity contribution in [3.05, 3.63) is 0 Å². The Morgan fingerprint density at radius 3 is 2.05 bits per heavy atom. The Balaban J connectivity index is 2.00. The number of rotatable bonds is 5. The van der Waals surface area contributed by atoms with Gasteiger partial charge in [-0.25, -0.2) is 0 Å². The molecule has 2 fully saturated rings. The van der Waals surface area contributed by atoms with Crippen LogP contribution >= 0.6 is 0 Å². The third-order valence-electron chi connectivity index (χ3n) is 5.53. The summed E-state index contributed by atoms with van der Waals surface area (Å²) in [7, 11) is 0. The highest BCUT2D eigenvalue weighted by molar-refractivity contribution is 4.90. The van der Waals surface area contributed by atoms with Crippen molar-refractivity contribution in [3.63, 3.8) is 0 Å². The van der Waals surface area contributed by atoms with E-state index >= 15 is 0 Å². The van der Waals surface area contributed by atoms with Crippen LogP contribution in [0, 0.1) is 11.8 Å². The molecule has 2 nitrogen and oxygen atoms in total.